The Hall–Kier alpha value is -0.120. The molecule has 1 heterocycles. The van der Waals surface area contributed by atoms with Gasteiger partial charge in [-0.25, -0.2) is 0 Å². The van der Waals surface area contributed by atoms with Crippen molar-refractivity contribution in [3.63, 3.8) is 0 Å². The van der Waals surface area contributed by atoms with Gasteiger partial charge in [0.1, 0.15) is 0 Å². The van der Waals surface area contributed by atoms with Crippen LogP contribution in [0.25, 0.3) is 0 Å². The number of hydrogen-bond acceptors (Lipinski definition) is 3. The lowest BCUT2D eigenvalue weighted by Gasteiger charge is -2.48. The average Bonchev–Trinajstić information content (AvgIpc) is 2.38. The Kier molecular flexibility index (Phi) is 3.92. The van der Waals surface area contributed by atoms with Crippen molar-refractivity contribution >= 4 is 0 Å². The third-order valence-electron chi connectivity index (χ3n) is 5.22. The zero-order valence-corrected chi connectivity index (χ0v) is 11.4. The van der Waals surface area contributed by atoms with Gasteiger partial charge in [0, 0.05) is 13.0 Å². The molecule has 3 atom stereocenters. The predicted molar refractivity (Wildman–Crippen MR) is 71.4 cm³/mol. The van der Waals surface area contributed by atoms with E-state index in [1.807, 2.05) is 0 Å². The van der Waals surface area contributed by atoms with Gasteiger partial charge in [0.2, 0.25) is 0 Å². The summed E-state index contributed by atoms with van der Waals surface area (Å²) < 4.78 is 12.4. The third kappa shape index (κ3) is 2.59. The Labute approximate surface area is 110 Å². The average molecular weight is 253 g/mol. The lowest BCUT2D eigenvalue weighted by Crippen LogP contribution is -2.49. The zero-order valence-electron chi connectivity index (χ0n) is 11.4. The summed E-state index contributed by atoms with van der Waals surface area (Å²) in [7, 11) is 0. The van der Waals surface area contributed by atoms with Crippen LogP contribution in [-0.4, -0.2) is 31.0 Å². The fourth-order valence-electron chi connectivity index (χ4n) is 3.89. The number of nitrogens with two attached hydrogens (primary N) is 1. The first kappa shape index (κ1) is 12.9. The van der Waals surface area contributed by atoms with E-state index in [9.17, 15) is 0 Å². The van der Waals surface area contributed by atoms with Crippen molar-refractivity contribution in [1.29, 1.82) is 0 Å². The highest BCUT2D eigenvalue weighted by molar-refractivity contribution is 4.95. The van der Waals surface area contributed by atoms with Crippen LogP contribution in [0.15, 0.2) is 0 Å². The Balaban J connectivity index is 1.54. The first-order valence-corrected chi connectivity index (χ1v) is 7.81. The Morgan fingerprint density at radius 2 is 1.94 bits per heavy atom. The van der Waals surface area contributed by atoms with E-state index in [-0.39, 0.29) is 5.60 Å². The summed E-state index contributed by atoms with van der Waals surface area (Å²) in [5.41, 5.74) is 6.09. The SMILES string of the molecule is NCC1CCCCC1OC1CCOC2(CCC2)C1. The molecule has 18 heavy (non-hydrogen) atoms. The summed E-state index contributed by atoms with van der Waals surface area (Å²) in [6.45, 7) is 1.68. The summed E-state index contributed by atoms with van der Waals surface area (Å²) >= 11 is 0. The highest BCUT2D eigenvalue weighted by atomic mass is 16.5. The van der Waals surface area contributed by atoms with Gasteiger partial charge in [-0.3, -0.25) is 0 Å². The van der Waals surface area contributed by atoms with Gasteiger partial charge < -0.3 is 15.2 Å². The molecule has 0 aromatic rings. The van der Waals surface area contributed by atoms with Crippen molar-refractivity contribution in [2.45, 2.75) is 75.6 Å². The summed E-state index contributed by atoms with van der Waals surface area (Å²) in [5.74, 6) is 0.596. The largest absolute Gasteiger partial charge is 0.375 e. The minimum absolute atomic E-state index is 0.204. The monoisotopic (exact) mass is 253 g/mol. The minimum Gasteiger partial charge on any atom is -0.375 e. The molecule has 0 amide bonds. The summed E-state index contributed by atoms with van der Waals surface area (Å²) in [4.78, 5) is 0. The Morgan fingerprint density at radius 1 is 1.11 bits per heavy atom. The molecular weight excluding hydrogens is 226 g/mol. The van der Waals surface area contributed by atoms with Crippen molar-refractivity contribution in [2.24, 2.45) is 11.7 Å². The molecule has 3 nitrogen and oxygen atoms in total. The van der Waals surface area contributed by atoms with Crippen molar-refractivity contribution < 1.29 is 9.47 Å². The van der Waals surface area contributed by atoms with Crippen LogP contribution in [0.1, 0.15) is 57.8 Å². The van der Waals surface area contributed by atoms with Gasteiger partial charge in [0.15, 0.2) is 0 Å². The maximum absolute atomic E-state index is 6.41. The molecule has 0 radical (unpaired) electrons. The number of hydrogen-bond donors (Lipinski definition) is 1. The smallest absolute Gasteiger partial charge is 0.0707 e. The lowest BCUT2D eigenvalue weighted by atomic mass is 9.74. The van der Waals surface area contributed by atoms with Gasteiger partial charge in [-0.05, 0) is 51.0 Å². The van der Waals surface area contributed by atoms with E-state index in [0.29, 0.717) is 18.1 Å². The minimum atomic E-state index is 0.204. The van der Waals surface area contributed by atoms with Crippen molar-refractivity contribution in [2.75, 3.05) is 13.2 Å². The van der Waals surface area contributed by atoms with E-state index in [0.717, 1.165) is 26.0 Å². The van der Waals surface area contributed by atoms with Gasteiger partial charge >= 0.3 is 0 Å². The van der Waals surface area contributed by atoms with Crippen LogP contribution >= 0.6 is 0 Å². The lowest BCUT2D eigenvalue weighted by molar-refractivity contribution is -0.186. The quantitative estimate of drug-likeness (QED) is 0.841. The van der Waals surface area contributed by atoms with Crippen molar-refractivity contribution in [1.82, 2.24) is 0 Å². The third-order valence-corrected chi connectivity index (χ3v) is 5.22. The van der Waals surface area contributed by atoms with Crippen LogP contribution in [0.5, 0.6) is 0 Å². The van der Waals surface area contributed by atoms with Gasteiger partial charge in [0.05, 0.1) is 17.8 Å². The first-order valence-electron chi connectivity index (χ1n) is 7.81. The van der Waals surface area contributed by atoms with Gasteiger partial charge in [-0.15, -0.1) is 0 Å². The van der Waals surface area contributed by atoms with Gasteiger partial charge in [0.25, 0.3) is 0 Å². The van der Waals surface area contributed by atoms with Crippen LogP contribution in [0, 0.1) is 5.92 Å². The van der Waals surface area contributed by atoms with Crippen LogP contribution < -0.4 is 5.73 Å². The molecular formula is C15H27NO2. The normalized spacial score (nSPS) is 39.5. The molecule has 0 aromatic heterocycles. The fourth-order valence-corrected chi connectivity index (χ4v) is 3.89. The topological polar surface area (TPSA) is 44.5 Å². The van der Waals surface area contributed by atoms with Crippen LogP contribution in [0.4, 0.5) is 0 Å². The molecule has 0 aromatic carbocycles. The molecule has 3 rings (SSSR count). The van der Waals surface area contributed by atoms with E-state index in [4.69, 9.17) is 15.2 Å². The standard InChI is InChI=1S/C15H27NO2/c16-11-12-4-1-2-5-14(12)18-13-6-9-17-15(10-13)7-3-8-15/h12-14H,1-11,16H2. The second-order valence-electron chi connectivity index (χ2n) is 6.45. The molecule has 3 fully saturated rings. The molecule has 0 bridgehead atoms. The van der Waals surface area contributed by atoms with Gasteiger partial charge in [-0.1, -0.05) is 12.8 Å². The van der Waals surface area contributed by atoms with Crippen LogP contribution in [0.3, 0.4) is 0 Å². The van der Waals surface area contributed by atoms with E-state index in [2.05, 4.69) is 0 Å². The van der Waals surface area contributed by atoms with E-state index in [1.165, 1.54) is 44.9 Å². The maximum atomic E-state index is 6.41. The number of ether oxygens (including phenoxy) is 2. The molecule has 2 saturated carbocycles. The molecule has 2 N–H and O–H groups in total. The molecule has 3 aliphatic rings. The second-order valence-corrected chi connectivity index (χ2v) is 6.45. The number of rotatable bonds is 3. The fraction of sp³-hybridized carbons (Fsp3) is 1.00. The first-order chi connectivity index (χ1) is 8.81. The van der Waals surface area contributed by atoms with Crippen molar-refractivity contribution in [3.8, 4) is 0 Å². The molecule has 3 heteroatoms. The summed E-state index contributed by atoms with van der Waals surface area (Å²) in [6, 6.07) is 0. The second kappa shape index (κ2) is 5.48. The molecule has 1 aliphatic heterocycles. The zero-order chi connectivity index (χ0) is 12.4. The molecule has 2 aliphatic carbocycles. The van der Waals surface area contributed by atoms with E-state index < -0.39 is 0 Å². The van der Waals surface area contributed by atoms with E-state index in [1.54, 1.807) is 0 Å². The Bertz CT molecular complexity index is 278. The predicted octanol–water partition coefficient (Wildman–Crippen LogP) is 2.62. The van der Waals surface area contributed by atoms with Crippen LogP contribution in [0.2, 0.25) is 0 Å². The molecule has 1 saturated heterocycles. The highest BCUT2D eigenvalue weighted by Gasteiger charge is 2.43. The molecule has 3 unspecified atom stereocenters. The maximum Gasteiger partial charge on any atom is 0.0707 e. The van der Waals surface area contributed by atoms with E-state index >= 15 is 0 Å². The highest BCUT2D eigenvalue weighted by Crippen LogP contribution is 2.43. The summed E-state index contributed by atoms with van der Waals surface area (Å²) in [6.07, 6.45) is 12.0. The van der Waals surface area contributed by atoms with Crippen molar-refractivity contribution in [3.05, 3.63) is 0 Å². The van der Waals surface area contributed by atoms with Crippen LogP contribution in [-0.2, 0) is 9.47 Å². The summed E-state index contributed by atoms with van der Waals surface area (Å²) in [5, 5.41) is 0. The molecule has 1 spiro atoms. The van der Waals surface area contributed by atoms with Gasteiger partial charge in [-0.2, -0.15) is 0 Å². The molecule has 104 valence electrons. The Morgan fingerprint density at radius 3 is 2.67 bits per heavy atom.